The van der Waals surface area contributed by atoms with Crippen LogP contribution < -0.4 is 33.3 Å². The van der Waals surface area contributed by atoms with E-state index in [4.69, 9.17) is 18.6 Å². The molecule has 0 spiro atoms. The number of carbonyl (C=O) groups excluding carboxylic acids is 2. The van der Waals surface area contributed by atoms with Gasteiger partial charge in [-0.05, 0) is 96.3 Å². The van der Waals surface area contributed by atoms with Crippen LogP contribution in [0.4, 0.5) is 22.7 Å². The van der Waals surface area contributed by atoms with Crippen molar-refractivity contribution >= 4 is 52.4 Å². The normalized spacial score (nSPS) is 19.1. The molecule has 11 heteroatoms. The molecule has 0 aliphatic carbocycles. The first-order valence-corrected chi connectivity index (χ1v) is 23.6. The van der Waals surface area contributed by atoms with Gasteiger partial charge in [-0.2, -0.15) is 4.58 Å². The van der Waals surface area contributed by atoms with Crippen molar-refractivity contribution in [3.63, 3.8) is 0 Å². The van der Waals surface area contributed by atoms with Gasteiger partial charge in [-0.15, -0.1) is 10.2 Å². The summed E-state index contributed by atoms with van der Waals surface area (Å²) in [6.07, 6.45) is 15.3. The van der Waals surface area contributed by atoms with Crippen molar-refractivity contribution < 1.29 is 43.0 Å². The van der Waals surface area contributed by atoms with Crippen molar-refractivity contribution in [1.82, 2.24) is 0 Å². The number of carbonyl (C=O) groups is 2. The van der Waals surface area contributed by atoms with Crippen LogP contribution in [0.1, 0.15) is 93.9 Å². The third-order valence-electron chi connectivity index (χ3n) is 13.6. The van der Waals surface area contributed by atoms with Crippen molar-refractivity contribution in [2.75, 3.05) is 28.8 Å². The Hall–Kier alpha value is -7.18. The molecular formula is C57H51ClN4O6. The van der Waals surface area contributed by atoms with Crippen molar-refractivity contribution in [3.05, 3.63) is 226 Å². The molecule has 4 aliphatic rings. The maximum Gasteiger partial charge on any atom is 0.259 e. The fraction of sp³-hybridized carbons (Fsp3) is 0.175. The Bertz CT molecular complexity index is 3110. The number of halogens is 1. The van der Waals surface area contributed by atoms with Gasteiger partial charge in [0, 0.05) is 52.7 Å². The molecule has 2 unspecified atom stereocenters. The van der Waals surface area contributed by atoms with E-state index >= 15 is 0 Å². The summed E-state index contributed by atoms with van der Waals surface area (Å²) < 4.78 is 36.3. The van der Waals surface area contributed by atoms with Gasteiger partial charge in [0.2, 0.25) is 5.69 Å². The van der Waals surface area contributed by atoms with E-state index < -0.39 is 10.2 Å². The molecule has 10 rings (SSSR count). The van der Waals surface area contributed by atoms with E-state index in [0.717, 1.165) is 45.0 Å². The number of benzene rings is 6. The lowest BCUT2D eigenvalue weighted by molar-refractivity contribution is -2.00. The number of allylic oxidation sites excluding steroid dienone is 4. The summed E-state index contributed by atoms with van der Waals surface area (Å²) in [5.41, 5.74) is 13.9. The van der Waals surface area contributed by atoms with Crippen LogP contribution in [0, 0.1) is 10.2 Å². The average Bonchev–Trinajstić information content (AvgIpc) is 3.65. The third-order valence-corrected chi connectivity index (χ3v) is 13.6. The fourth-order valence-corrected chi connectivity index (χ4v) is 10.3. The molecule has 10 nitrogen and oxygen atoms in total. The zero-order valence-electron chi connectivity index (χ0n) is 38.7. The Morgan fingerprint density at radius 1 is 0.588 bits per heavy atom. The lowest BCUT2D eigenvalue weighted by Gasteiger charge is -2.35. The predicted octanol–water partition coefficient (Wildman–Crippen LogP) is 7.63. The van der Waals surface area contributed by atoms with Crippen molar-refractivity contribution in [3.8, 4) is 0 Å². The highest BCUT2D eigenvalue weighted by atomic mass is 35.7. The largest absolute Gasteiger partial charge is 0.347 e. The number of rotatable bonds is 6. The Morgan fingerprint density at radius 3 is 1.56 bits per heavy atom. The van der Waals surface area contributed by atoms with Gasteiger partial charge in [-0.25, -0.2) is 18.6 Å². The Balaban J connectivity index is 0.00000110. The second-order valence-corrected chi connectivity index (χ2v) is 19.2. The Morgan fingerprint density at radius 2 is 1.04 bits per heavy atom. The zero-order valence-corrected chi connectivity index (χ0v) is 39.4. The third kappa shape index (κ3) is 8.42. The molecule has 0 bridgehead atoms. The first kappa shape index (κ1) is 46.0. The van der Waals surface area contributed by atoms with Crippen LogP contribution in [-0.4, -0.2) is 36.2 Å². The maximum atomic E-state index is 14.2. The van der Waals surface area contributed by atoms with E-state index in [9.17, 15) is 9.59 Å². The zero-order chi connectivity index (χ0) is 48.1. The molecular weight excluding hydrogens is 872 g/mol. The SMILES string of the molecule is CN1/C(=C/C=C/C2=[N+](C)c3ccc(C4C=Cc5ccccc5N4C(=O)c4ccccc4)cc3C2(C)C)C(C)(C)c2cc(C3C=Cc4ccccc4N3C(=O)c3ccccc3)ccc21.[O-][Cl+3]([O-])([O-])[O-]. The number of fused-ring (bicyclic) bond motifs is 4. The Labute approximate surface area is 399 Å². The lowest BCUT2D eigenvalue weighted by Crippen LogP contribution is -2.68. The highest BCUT2D eigenvalue weighted by molar-refractivity contribution is 6.10. The topological polar surface area (TPSA) is 139 Å². The molecule has 342 valence electrons. The lowest BCUT2D eigenvalue weighted by atomic mass is 9.80. The minimum Gasteiger partial charge on any atom is -0.347 e. The molecule has 4 aliphatic heterocycles. The molecule has 4 heterocycles. The van der Waals surface area contributed by atoms with Crippen LogP contribution >= 0.6 is 0 Å². The standard InChI is InChI=1S/C57H51N4O2.ClHO4/c1-56(2)44-36-42(48-32-28-38-18-13-15-24-46(38)60(48)54(62)40-20-9-7-10-21-40)30-34-50(44)58(5)52(56)26-17-27-53-57(3,4)45-37-43(31-35-51(45)59(53)6)49-33-29-39-19-14-16-25-47(39)61(49)55(63)41-22-11-8-12-23-41;2-1(3,4)5/h7-37,48-49H,1-6H3;(H,2,3,4,5)/q+1;/p-1. The summed E-state index contributed by atoms with van der Waals surface area (Å²) >= 11 is 0. The number of nitrogens with zero attached hydrogens (tertiary/aromatic N) is 4. The summed E-state index contributed by atoms with van der Waals surface area (Å²) in [4.78, 5) is 34.7. The van der Waals surface area contributed by atoms with Gasteiger partial charge in [0.1, 0.15) is 7.05 Å². The van der Waals surface area contributed by atoms with Crippen LogP contribution in [0.25, 0.3) is 12.2 Å². The minimum absolute atomic E-state index is 0.0209. The van der Waals surface area contributed by atoms with Gasteiger partial charge < -0.3 is 4.90 Å². The second-order valence-electron chi connectivity index (χ2n) is 18.4. The molecule has 0 saturated carbocycles. The molecule has 0 fully saturated rings. The van der Waals surface area contributed by atoms with Crippen LogP contribution in [0.2, 0.25) is 0 Å². The van der Waals surface area contributed by atoms with Crippen LogP contribution in [0.5, 0.6) is 0 Å². The second kappa shape index (κ2) is 17.8. The quantitative estimate of drug-likeness (QED) is 0.157. The number of hydrogen-bond acceptors (Lipinski definition) is 7. The average molecular weight is 924 g/mol. The molecule has 0 saturated heterocycles. The first-order valence-electron chi connectivity index (χ1n) is 22.4. The highest BCUT2D eigenvalue weighted by Gasteiger charge is 2.44. The molecule has 68 heavy (non-hydrogen) atoms. The van der Waals surface area contributed by atoms with Gasteiger partial charge in [0.25, 0.3) is 11.8 Å². The predicted molar refractivity (Wildman–Crippen MR) is 258 cm³/mol. The number of likely N-dealkylation sites (N-methyl/N-ethyl adjacent to an activating group) is 1. The molecule has 2 amide bonds. The number of hydrogen-bond donors (Lipinski definition) is 0. The van der Waals surface area contributed by atoms with E-state index in [1.165, 1.54) is 22.5 Å². The van der Waals surface area contributed by atoms with Crippen molar-refractivity contribution in [1.29, 1.82) is 0 Å². The van der Waals surface area contributed by atoms with E-state index in [-0.39, 0.29) is 34.7 Å². The van der Waals surface area contributed by atoms with E-state index in [1.54, 1.807) is 0 Å². The van der Waals surface area contributed by atoms with Crippen LogP contribution in [0.15, 0.2) is 182 Å². The van der Waals surface area contributed by atoms with Gasteiger partial charge in [0.15, 0.2) is 5.71 Å². The summed E-state index contributed by atoms with van der Waals surface area (Å²) in [5.74, 6) is -0.0418. The van der Waals surface area contributed by atoms with E-state index in [2.05, 4.69) is 142 Å². The maximum absolute atomic E-state index is 14.2. The molecule has 0 aromatic heterocycles. The minimum atomic E-state index is -4.94. The number of para-hydroxylation sites is 2. The summed E-state index contributed by atoms with van der Waals surface area (Å²) in [6.45, 7) is 9.16. The number of amides is 2. The van der Waals surface area contributed by atoms with E-state index in [0.29, 0.717) is 11.1 Å². The van der Waals surface area contributed by atoms with Gasteiger partial charge >= 0.3 is 0 Å². The van der Waals surface area contributed by atoms with Crippen LogP contribution in [0.3, 0.4) is 0 Å². The molecule has 6 aromatic carbocycles. The first-order chi connectivity index (χ1) is 32.4. The molecule has 2 atom stereocenters. The van der Waals surface area contributed by atoms with E-state index in [1.807, 2.05) is 107 Å². The summed E-state index contributed by atoms with van der Waals surface area (Å²) in [7, 11) is -0.649. The monoisotopic (exact) mass is 922 g/mol. The van der Waals surface area contributed by atoms with Gasteiger partial charge in [0.05, 0.1) is 28.9 Å². The van der Waals surface area contributed by atoms with Gasteiger partial charge in [-0.3, -0.25) is 19.4 Å². The summed E-state index contributed by atoms with van der Waals surface area (Å²) in [6, 6.07) is 48.2. The van der Waals surface area contributed by atoms with Crippen LogP contribution in [-0.2, 0) is 10.8 Å². The number of anilines is 3. The molecule has 0 N–H and O–H groups in total. The highest BCUT2D eigenvalue weighted by Crippen LogP contribution is 2.49. The Kier molecular flexibility index (Phi) is 12.0. The molecule has 0 radical (unpaired) electrons. The fourth-order valence-electron chi connectivity index (χ4n) is 10.3. The van der Waals surface area contributed by atoms with Crippen molar-refractivity contribution in [2.45, 2.75) is 50.6 Å². The molecule has 6 aromatic rings. The summed E-state index contributed by atoms with van der Waals surface area (Å²) in [5, 5.41) is 0. The van der Waals surface area contributed by atoms with Gasteiger partial charge in [-0.1, -0.05) is 135 Å². The smallest absolute Gasteiger partial charge is 0.259 e. The van der Waals surface area contributed by atoms with Crippen molar-refractivity contribution in [2.24, 2.45) is 0 Å².